The minimum Gasteiger partial charge on any atom is -0.455 e. The van der Waals surface area contributed by atoms with Crippen LogP contribution in [0, 0.1) is 0 Å². The molecule has 6 nitrogen and oxygen atoms in total. The van der Waals surface area contributed by atoms with Crippen molar-refractivity contribution in [1.29, 1.82) is 0 Å². The smallest absolute Gasteiger partial charge is 0.329 e. The van der Waals surface area contributed by atoms with Crippen molar-refractivity contribution in [2.45, 2.75) is 103 Å². The van der Waals surface area contributed by atoms with Crippen LogP contribution in [0.25, 0.3) is 0 Å². The van der Waals surface area contributed by atoms with E-state index >= 15 is 0 Å². The second kappa shape index (κ2) is 14.5. The van der Waals surface area contributed by atoms with Gasteiger partial charge in [0, 0.05) is 6.42 Å². The van der Waals surface area contributed by atoms with Gasteiger partial charge in [-0.3, -0.25) is 9.36 Å². The number of likely N-dealkylation sites (N-methyl/N-ethyl adjacent to an activating group) is 1. The molecule has 0 saturated carbocycles. The Bertz CT molecular complexity index is 458. The predicted octanol–water partition coefficient (Wildman–Crippen LogP) is 4.87. The molecule has 0 radical (unpaired) electrons. The molecule has 0 heterocycles. The summed E-state index contributed by atoms with van der Waals surface area (Å²) in [6.07, 6.45) is 12.5. The monoisotopic (exact) mass is 422 g/mol. The van der Waals surface area contributed by atoms with Crippen molar-refractivity contribution < 1.29 is 28.4 Å². The van der Waals surface area contributed by atoms with Crippen LogP contribution in [-0.2, 0) is 14.1 Å². The highest BCUT2D eigenvalue weighted by atomic mass is 31.2. The van der Waals surface area contributed by atoms with E-state index in [0.717, 1.165) is 19.3 Å². The van der Waals surface area contributed by atoms with Crippen LogP contribution in [-0.4, -0.2) is 59.7 Å². The van der Waals surface area contributed by atoms with Gasteiger partial charge in [0.2, 0.25) is 0 Å². The normalized spacial score (nSPS) is 14.7. The van der Waals surface area contributed by atoms with E-state index in [4.69, 9.17) is 4.74 Å². The highest BCUT2D eigenvalue weighted by Crippen LogP contribution is 2.37. The minimum atomic E-state index is -4.25. The first-order chi connectivity index (χ1) is 13.0. The number of rotatable bonds is 17. The number of esters is 1. The van der Waals surface area contributed by atoms with E-state index in [0.29, 0.717) is 10.9 Å². The lowest BCUT2D eigenvalue weighted by atomic mass is 10.1. The Labute approximate surface area is 172 Å². The Kier molecular flexibility index (Phi) is 14.3. The number of ether oxygens (including phenoxy) is 1. The van der Waals surface area contributed by atoms with Crippen molar-refractivity contribution in [2.75, 3.05) is 27.3 Å². The molecule has 0 aliphatic rings. The Hall–Kier alpha value is -0.420. The van der Waals surface area contributed by atoms with Crippen LogP contribution in [0.1, 0.15) is 90.9 Å². The summed E-state index contributed by atoms with van der Waals surface area (Å²) in [5.41, 5.74) is 0. The van der Waals surface area contributed by atoms with Crippen molar-refractivity contribution in [3.63, 3.8) is 0 Å². The first-order valence-corrected chi connectivity index (χ1v) is 12.8. The topological polar surface area (TPSA) is 83.8 Å². The highest BCUT2D eigenvalue weighted by Gasteiger charge is 2.36. The average molecular weight is 423 g/mol. The van der Waals surface area contributed by atoms with Gasteiger partial charge in [-0.25, -0.2) is 0 Å². The summed E-state index contributed by atoms with van der Waals surface area (Å²) in [6, 6.07) is -0.200. The molecule has 28 heavy (non-hydrogen) atoms. The number of unbranched alkanes of at least 4 members (excludes halogenated alkanes) is 10. The lowest BCUT2D eigenvalue weighted by Crippen LogP contribution is -2.52. The third kappa shape index (κ3) is 15.5. The van der Waals surface area contributed by atoms with Crippen molar-refractivity contribution in [1.82, 2.24) is 0 Å². The Balaban J connectivity index is 4.01. The maximum atomic E-state index is 12.1. The maximum Gasteiger partial charge on any atom is 0.329 e. The summed E-state index contributed by atoms with van der Waals surface area (Å²) < 4.78 is 17.3. The highest BCUT2D eigenvalue weighted by molar-refractivity contribution is 7.51. The van der Waals surface area contributed by atoms with Crippen molar-refractivity contribution in [3.8, 4) is 0 Å². The second-order valence-corrected chi connectivity index (χ2v) is 10.7. The predicted molar refractivity (Wildman–Crippen MR) is 115 cm³/mol. The number of hydrogen-bond donors (Lipinski definition) is 2. The second-order valence-electron chi connectivity index (χ2n) is 9.02. The van der Waals surface area contributed by atoms with Crippen LogP contribution in [0.5, 0.6) is 0 Å². The van der Waals surface area contributed by atoms with Crippen LogP contribution in [0.2, 0.25) is 0 Å². The van der Waals surface area contributed by atoms with E-state index in [1.165, 1.54) is 51.4 Å². The van der Waals surface area contributed by atoms with E-state index in [9.17, 15) is 19.1 Å². The van der Waals surface area contributed by atoms with Gasteiger partial charge in [0.1, 0.15) is 6.04 Å². The zero-order valence-electron chi connectivity index (χ0n) is 18.9. The molecule has 0 aromatic carbocycles. The molecule has 0 saturated heterocycles. The molecule has 7 heteroatoms. The number of quaternary nitrogens is 1. The summed E-state index contributed by atoms with van der Waals surface area (Å²) in [6.45, 7) is 4.09. The van der Waals surface area contributed by atoms with Crippen LogP contribution in [0.15, 0.2) is 0 Å². The Morgan fingerprint density at radius 3 is 1.71 bits per heavy atom. The van der Waals surface area contributed by atoms with Gasteiger partial charge in [-0.05, 0) is 13.3 Å². The van der Waals surface area contributed by atoms with Crippen molar-refractivity contribution >= 4 is 13.6 Å². The van der Waals surface area contributed by atoms with E-state index < -0.39 is 19.9 Å². The minimum absolute atomic E-state index is 0.200. The molecule has 168 valence electrons. The van der Waals surface area contributed by atoms with E-state index in [2.05, 4.69) is 6.92 Å². The van der Waals surface area contributed by atoms with Gasteiger partial charge >= 0.3 is 13.6 Å². The van der Waals surface area contributed by atoms with Crippen LogP contribution < -0.4 is 0 Å². The Morgan fingerprint density at radius 2 is 1.32 bits per heavy atom. The molecule has 0 rings (SSSR count). The molecule has 2 atom stereocenters. The fraction of sp³-hybridized carbons (Fsp3) is 0.952. The fourth-order valence-corrected chi connectivity index (χ4v) is 4.03. The van der Waals surface area contributed by atoms with Gasteiger partial charge in [-0.1, -0.05) is 71.1 Å². The van der Waals surface area contributed by atoms with Crippen molar-refractivity contribution in [3.05, 3.63) is 0 Å². The average Bonchev–Trinajstić information content (AvgIpc) is 2.56. The molecule has 0 spiro atoms. The number of carbonyl (C=O) groups is 1. The van der Waals surface area contributed by atoms with Crippen LogP contribution >= 0.6 is 7.60 Å². The van der Waals surface area contributed by atoms with E-state index in [1.54, 1.807) is 0 Å². The van der Waals surface area contributed by atoms with Gasteiger partial charge < -0.3 is 19.0 Å². The molecule has 0 aromatic heterocycles. The molecule has 0 aliphatic heterocycles. The maximum absolute atomic E-state index is 12.1. The van der Waals surface area contributed by atoms with E-state index in [1.807, 2.05) is 28.1 Å². The van der Waals surface area contributed by atoms with Gasteiger partial charge in [0.15, 0.2) is 6.10 Å². The van der Waals surface area contributed by atoms with Gasteiger partial charge in [0.05, 0.1) is 27.3 Å². The SMILES string of the molecule is CCCCCCCCCCCCCC(=O)O[C@@H](CP(=O)(O)O)[C@@H](C)[N+](C)(C)C. The van der Waals surface area contributed by atoms with Gasteiger partial charge in [-0.2, -0.15) is 0 Å². The molecule has 0 unspecified atom stereocenters. The zero-order chi connectivity index (χ0) is 21.6. The number of nitrogens with zero attached hydrogens (tertiary/aromatic N) is 1. The molecule has 0 aliphatic carbocycles. The molecule has 0 aromatic rings. The third-order valence-electron chi connectivity index (χ3n) is 5.44. The van der Waals surface area contributed by atoms with Crippen LogP contribution in [0.4, 0.5) is 0 Å². The third-order valence-corrected chi connectivity index (χ3v) is 6.28. The summed E-state index contributed by atoms with van der Waals surface area (Å²) >= 11 is 0. The summed E-state index contributed by atoms with van der Waals surface area (Å²) in [5.74, 6) is -0.352. The standard InChI is InChI=1S/C21H44NO5P/c1-6-7-8-9-10-11-12-13-14-15-16-17-21(23)27-20(18-28(24,25)26)19(2)22(3,4)5/h19-20H,6-18H2,1-5H3,(H-,24,25,26)/p+1/t19-,20+/m1/s1. The lowest BCUT2D eigenvalue weighted by molar-refractivity contribution is -0.897. The molecule has 2 N–H and O–H groups in total. The first kappa shape index (κ1) is 27.6. The molecular formula is C21H45NO5P+. The van der Waals surface area contributed by atoms with Crippen LogP contribution in [0.3, 0.4) is 0 Å². The fourth-order valence-electron chi connectivity index (χ4n) is 3.18. The molecule has 0 amide bonds. The Morgan fingerprint density at radius 1 is 0.893 bits per heavy atom. The van der Waals surface area contributed by atoms with Gasteiger partial charge in [-0.15, -0.1) is 0 Å². The summed E-state index contributed by atoms with van der Waals surface area (Å²) in [4.78, 5) is 30.8. The number of carbonyl (C=O) groups excluding carboxylic acids is 1. The quantitative estimate of drug-likeness (QED) is 0.151. The summed E-state index contributed by atoms with van der Waals surface area (Å²) in [7, 11) is 1.53. The lowest BCUT2D eigenvalue weighted by Gasteiger charge is -2.36. The molecular weight excluding hydrogens is 377 g/mol. The zero-order valence-corrected chi connectivity index (χ0v) is 19.8. The largest absolute Gasteiger partial charge is 0.455 e. The van der Waals surface area contributed by atoms with E-state index in [-0.39, 0.29) is 12.0 Å². The molecule has 0 bridgehead atoms. The number of hydrogen-bond acceptors (Lipinski definition) is 3. The first-order valence-electron chi connectivity index (χ1n) is 11.0. The van der Waals surface area contributed by atoms with Crippen molar-refractivity contribution in [2.24, 2.45) is 0 Å². The van der Waals surface area contributed by atoms with Gasteiger partial charge in [0.25, 0.3) is 0 Å². The summed E-state index contributed by atoms with van der Waals surface area (Å²) in [5, 5.41) is 0. The molecule has 0 fully saturated rings.